The van der Waals surface area contributed by atoms with Crippen molar-refractivity contribution in [3.63, 3.8) is 0 Å². The van der Waals surface area contributed by atoms with Gasteiger partial charge < -0.3 is 0 Å². The van der Waals surface area contributed by atoms with Gasteiger partial charge in [-0.1, -0.05) is 0 Å². The van der Waals surface area contributed by atoms with Crippen molar-refractivity contribution in [3.05, 3.63) is 0 Å². The summed E-state index contributed by atoms with van der Waals surface area (Å²) in [4.78, 5) is 8.05. The van der Waals surface area contributed by atoms with E-state index in [0.717, 1.165) is 0 Å². The van der Waals surface area contributed by atoms with Crippen molar-refractivity contribution in [2.45, 2.75) is 0 Å². The van der Waals surface area contributed by atoms with Crippen LogP contribution in [0.2, 0.25) is 0 Å². The minimum Gasteiger partial charge on any atom is -0.197 e. The van der Waals surface area contributed by atoms with Crippen LogP contribution >= 0.6 is 0 Å². The minimum absolute atomic E-state index is 0.306. The Balaban J connectivity index is 3.36. The SMILES string of the molecule is CO[N+](C)(C)OO. The van der Waals surface area contributed by atoms with Crippen molar-refractivity contribution in [2.75, 3.05) is 21.2 Å². The molecule has 0 aromatic carbocycles. The van der Waals surface area contributed by atoms with E-state index in [2.05, 4.69) is 9.83 Å². The highest BCUT2D eigenvalue weighted by molar-refractivity contribution is 3.65. The molecule has 0 aromatic heterocycles. The Morgan fingerprint density at radius 3 is 1.86 bits per heavy atom. The highest BCUT2D eigenvalue weighted by Gasteiger charge is 2.13. The Labute approximate surface area is 42.3 Å². The zero-order valence-electron chi connectivity index (χ0n) is 4.71. The first kappa shape index (κ1) is 6.84. The third kappa shape index (κ3) is 2.52. The van der Waals surface area contributed by atoms with E-state index in [0.29, 0.717) is 0 Å². The van der Waals surface area contributed by atoms with Gasteiger partial charge >= 0.3 is 0 Å². The van der Waals surface area contributed by atoms with Gasteiger partial charge in [-0.15, -0.1) is 0 Å². The molecule has 0 radical (unpaired) electrons. The van der Waals surface area contributed by atoms with Crippen molar-refractivity contribution in [1.82, 2.24) is 0 Å². The average Bonchev–Trinajstić information content (AvgIpc) is 1.68. The van der Waals surface area contributed by atoms with Gasteiger partial charge in [-0.25, -0.2) is 0 Å². The molecule has 0 aromatic rings. The molecule has 4 heteroatoms. The molecule has 0 rings (SSSR count). The van der Waals surface area contributed by atoms with Crippen LogP contribution in [0.1, 0.15) is 0 Å². The molecule has 0 amide bonds. The molecule has 7 heavy (non-hydrogen) atoms. The van der Waals surface area contributed by atoms with E-state index in [1.54, 1.807) is 14.1 Å². The summed E-state index contributed by atoms with van der Waals surface area (Å²) < 4.78 is 0. The smallest absolute Gasteiger partial charge is 0.135 e. The van der Waals surface area contributed by atoms with Crippen LogP contribution in [0.25, 0.3) is 0 Å². The maximum Gasteiger partial charge on any atom is 0.135 e. The first-order chi connectivity index (χ1) is 3.12. The number of rotatable bonds is 2. The average molecular weight is 108 g/mol. The predicted molar refractivity (Wildman–Crippen MR) is 22.8 cm³/mol. The molecule has 0 heterocycles. The summed E-state index contributed by atoms with van der Waals surface area (Å²) in [5, 5.41) is 7.94. The second kappa shape index (κ2) is 2.23. The van der Waals surface area contributed by atoms with Gasteiger partial charge in [0.2, 0.25) is 0 Å². The van der Waals surface area contributed by atoms with Gasteiger partial charge in [0.05, 0.1) is 7.11 Å². The van der Waals surface area contributed by atoms with E-state index in [4.69, 9.17) is 5.26 Å². The number of hydroxylamine groups is 4. The summed E-state index contributed by atoms with van der Waals surface area (Å²) in [6, 6.07) is 0. The maximum absolute atomic E-state index is 7.94. The van der Waals surface area contributed by atoms with Crippen LogP contribution in [-0.2, 0) is 9.83 Å². The molecule has 0 unspecified atom stereocenters. The van der Waals surface area contributed by atoms with Gasteiger partial charge in [0.1, 0.15) is 14.1 Å². The summed E-state index contributed by atoms with van der Waals surface area (Å²) >= 11 is 0. The number of quaternary nitrogens is 1. The monoisotopic (exact) mass is 108 g/mol. The normalized spacial score (nSPS) is 12.0. The van der Waals surface area contributed by atoms with Crippen LogP contribution in [0.15, 0.2) is 0 Å². The van der Waals surface area contributed by atoms with Crippen LogP contribution in [0.5, 0.6) is 0 Å². The molecule has 0 bridgehead atoms. The zero-order chi connectivity index (χ0) is 5.91. The summed E-state index contributed by atoms with van der Waals surface area (Å²) in [5.74, 6) is 0. The Bertz CT molecular complexity index is 48.1. The highest BCUT2D eigenvalue weighted by atomic mass is 17.3. The first-order valence-electron chi connectivity index (χ1n) is 1.85. The van der Waals surface area contributed by atoms with Crippen LogP contribution in [0, 0.1) is 0 Å². The van der Waals surface area contributed by atoms with Crippen molar-refractivity contribution >= 4 is 0 Å². The Hall–Kier alpha value is -0.160. The van der Waals surface area contributed by atoms with Crippen LogP contribution in [0.3, 0.4) is 0 Å². The summed E-state index contributed by atoms with van der Waals surface area (Å²) in [5.41, 5.74) is 0. The van der Waals surface area contributed by atoms with Gasteiger partial charge in [0.15, 0.2) is 0 Å². The lowest BCUT2D eigenvalue weighted by molar-refractivity contribution is -1.25. The highest BCUT2D eigenvalue weighted by Crippen LogP contribution is 1.92. The molecule has 0 fully saturated rings. The zero-order valence-corrected chi connectivity index (χ0v) is 4.71. The van der Waals surface area contributed by atoms with E-state index in [-0.39, 0.29) is 4.81 Å². The Kier molecular flexibility index (Phi) is 2.17. The molecule has 0 aliphatic carbocycles. The van der Waals surface area contributed by atoms with E-state index in [1.807, 2.05) is 0 Å². The second-order valence-corrected chi connectivity index (χ2v) is 1.52. The van der Waals surface area contributed by atoms with E-state index in [9.17, 15) is 0 Å². The van der Waals surface area contributed by atoms with Crippen molar-refractivity contribution in [2.24, 2.45) is 0 Å². The Morgan fingerprint density at radius 1 is 1.43 bits per heavy atom. The van der Waals surface area contributed by atoms with E-state index < -0.39 is 0 Å². The van der Waals surface area contributed by atoms with E-state index in [1.165, 1.54) is 7.11 Å². The molecule has 0 saturated heterocycles. The maximum atomic E-state index is 7.94. The van der Waals surface area contributed by atoms with Crippen molar-refractivity contribution in [1.29, 1.82) is 0 Å². The number of nitrogens with zero attached hydrogens (tertiary/aromatic N) is 1. The van der Waals surface area contributed by atoms with Gasteiger partial charge in [-0.2, -0.15) is 10.1 Å². The molecule has 1 N–H and O–H groups in total. The van der Waals surface area contributed by atoms with Gasteiger partial charge in [0.25, 0.3) is 0 Å². The topological polar surface area (TPSA) is 38.7 Å². The van der Waals surface area contributed by atoms with Crippen LogP contribution in [-0.4, -0.2) is 31.3 Å². The second-order valence-electron chi connectivity index (χ2n) is 1.52. The lowest BCUT2D eigenvalue weighted by atomic mass is 11.2. The van der Waals surface area contributed by atoms with Crippen molar-refractivity contribution < 1.29 is 19.9 Å². The summed E-state index contributed by atoms with van der Waals surface area (Å²) in [6.45, 7) is 0. The standard InChI is InChI=1S/C3H9NO3/c1-4(2,6-3)7-5/h1-3H3/p+1. The van der Waals surface area contributed by atoms with Crippen LogP contribution in [0.4, 0.5) is 0 Å². The van der Waals surface area contributed by atoms with Gasteiger partial charge in [0, 0.05) is 0 Å². The molecular weight excluding hydrogens is 98.0 g/mol. The quantitative estimate of drug-likeness (QED) is 0.308. The molecule has 0 atom stereocenters. The molecule has 44 valence electrons. The fourth-order valence-corrected chi connectivity index (χ4v) is 0.0333. The third-order valence-corrected chi connectivity index (χ3v) is 0.636. The van der Waals surface area contributed by atoms with E-state index >= 15 is 0 Å². The fourth-order valence-electron chi connectivity index (χ4n) is 0.0333. The molecule has 0 saturated carbocycles. The first-order valence-corrected chi connectivity index (χ1v) is 1.85. The Morgan fingerprint density at radius 2 is 1.86 bits per heavy atom. The summed E-state index contributed by atoms with van der Waals surface area (Å²) in [6.07, 6.45) is 0. The van der Waals surface area contributed by atoms with Gasteiger partial charge in [-0.3, -0.25) is 0 Å². The molecule has 0 aliphatic rings. The molecule has 4 nitrogen and oxygen atoms in total. The lowest BCUT2D eigenvalue weighted by Gasteiger charge is -2.15. The number of hydrogen-bond acceptors (Lipinski definition) is 3. The van der Waals surface area contributed by atoms with Gasteiger partial charge in [-0.05, 0) is 9.80 Å². The summed E-state index contributed by atoms with van der Waals surface area (Å²) in [7, 11) is 4.51. The lowest BCUT2D eigenvalue weighted by Crippen LogP contribution is -2.36. The largest absolute Gasteiger partial charge is 0.197 e. The minimum atomic E-state index is -0.306. The molecule has 0 aliphatic heterocycles. The van der Waals surface area contributed by atoms with Crippen molar-refractivity contribution in [3.8, 4) is 0 Å². The molecule has 0 spiro atoms. The third-order valence-electron chi connectivity index (χ3n) is 0.636. The predicted octanol–water partition coefficient (Wildman–Crippen LogP) is 0.0288. The fraction of sp³-hybridized carbons (Fsp3) is 1.00. The number of hydrogen-bond donors (Lipinski definition) is 1. The van der Waals surface area contributed by atoms with Crippen LogP contribution < -0.4 is 0 Å². The molecular formula is C3H10NO3+.